The van der Waals surface area contributed by atoms with E-state index < -0.39 is 0 Å². The number of rotatable bonds is 6. The average molecular weight is 476 g/mol. The molecule has 3 aromatic rings. The molecule has 1 aromatic carbocycles. The van der Waals surface area contributed by atoms with Gasteiger partial charge in [-0.2, -0.15) is 0 Å². The second kappa shape index (κ2) is 9.86. The molecular formula is C27H33N5OS. The van der Waals surface area contributed by atoms with E-state index >= 15 is 0 Å². The number of nitrogens with one attached hydrogen (secondary N) is 1. The number of ether oxygens (including phenoxy) is 1. The van der Waals surface area contributed by atoms with Crippen molar-refractivity contribution in [2.45, 2.75) is 32.9 Å². The lowest BCUT2D eigenvalue weighted by Gasteiger charge is -2.32. The first-order chi connectivity index (χ1) is 16.6. The van der Waals surface area contributed by atoms with E-state index in [0.29, 0.717) is 0 Å². The highest BCUT2D eigenvalue weighted by Crippen LogP contribution is 2.43. The van der Waals surface area contributed by atoms with Gasteiger partial charge in [-0.05, 0) is 62.8 Å². The predicted octanol–water partition coefficient (Wildman–Crippen LogP) is 4.10. The van der Waals surface area contributed by atoms with Crippen LogP contribution in [0.2, 0.25) is 0 Å². The van der Waals surface area contributed by atoms with E-state index in [1.54, 1.807) is 0 Å². The number of thiocarbonyl (C=S) groups is 1. The van der Waals surface area contributed by atoms with Gasteiger partial charge in [0.15, 0.2) is 5.11 Å². The minimum atomic E-state index is 0.00168. The number of benzene rings is 1. The third-order valence-corrected chi connectivity index (χ3v) is 7.63. The molecule has 1 N–H and O–H groups in total. The molecule has 2 aliphatic heterocycles. The van der Waals surface area contributed by atoms with Crippen molar-refractivity contribution in [3.8, 4) is 5.69 Å². The summed E-state index contributed by atoms with van der Waals surface area (Å²) >= 11 is 5.92. The molecule has 0 amide bonds. The SMILES string of the molecule is Cc1c([C@@H]2[C@H](c3ccccn3)NC(=S)N2CCN2CCOCC2)c(C)n(-c2ccccc2)c1C. The molecule has 2 fully saturated rings. The summed E-state index contributed by atoms with van der Waals surface area (Å²) < 4.78 is 7.92. The Kier molecular flexibility index (Phi) is 6.68. The summed E-state index contributed by atoms with van der Waals surface area (Å²) in [5.74, 6) is 0. The number of hydrogen-bond donors (Lipinski definition) is 1. The molecule has 0 bridgehead atoms. The van der Waals surface area contributed by atoms with Gasteiger partial charge in [0, 0.05) is 55.0 Å². The van der Waals surface area contributed by atoms with E-state index in [1.165, 1.54) is 28.2 Å². The molecule has 34 heavy (non-hydrogen) atoms. The first-order valence-electron chi connectivity index (χ1n) is 12.1. The maximum Gasteiger partial charge on any atom is 0.170 e. The van der Waals surface area contributed by atoms with Crippen molar-refractivity contribution in [2.75, 3.05) is 39.4 Å². The van der Waals surface area contributed by atoms with Crippen LogP contribution in [0.1, 0.15) is 40.3 Å². The molecule has 2 saturated heterocycles. The standard InChI is InChI=1S/C27H33N5OS/c1-19-20(2)32(22-9-5-4-6-10-22)21(3)24(19)26-25(23-11-7-8-12-28-23)29-27(34)31(26)14-13-30-15-17-33-18-16-30/h4-12,25-26H,13-18H2,1-3H3,(H,29,34)/t25-,26+/m0/s1. The van der Waals surface area contributed by atoms with Crippen LogP contribution in [0.25, 0.3) is 5.69 Å². The fourth-order valence-electron chi connectivity index (χ4n) is 5.44. The third-order valence-electron chi connectivity index (χ3n) is 7.28. The molecule has 0 saturated carbocycles. The van der Waals surface area contributed by atoms with Crippen LogP contribution in [-0.4, -0.2) is 63.9 Å². The van der Waals surface area contributed by atoms with Gasteiger partial charge in [0.25, 0.3) is 0 Å². The molecule has 2 aromatic heterocycles. The van der Waals surface area contributed by atoms with E-state index in [-0.39, 0.29) is 12.1 Å². The summed E-state index contributed by atoms with van der Waals surface area (Å²) in [6, 6.07) is 16.8. The van der Waals surface area contributed by atoms with Crippen LogP contribution >= 0.6 is 12.2 Å². The molecular weight excluding hydrogens is 442 g/mol. The van der Waals surface area contributed by atoms with Crippen LogP contribution < -0.4 is 5.32 Å². The molecule has 178 valence electrons. The highest BCUT2D eigenvalue weighted by atomic mass is 32.1. The summed E-state index contributed by atoms with van der Waals surface area (Å²) in [7, 11) is 0. The predicted molar refractivity (Wildman–Crippen MR) is 139 cm³/mol. The number of nitrogens with zero attached hydrogens (tertiary/aromatic N) is 4. The highest BCUT2D eigenvalue weighted by Gasteiger charge is 2.42. The molecule has 0 unspecified atom stereocenters. The lowest BCUT2D eigenvalue weighted by molar-refractivity contribution is 0.0350. The van der Waals surface area contributed by atoms with Gasteiger partial charge in [-0.3, -0.25) is 9.88 Å². The zero-order valence-electron chi connectivity index (χ0n) is 20.2. The molecule has 0 spiro atoms. The number of hydrogen-bond acceptors (Lipinski definition) is 4. The van der Waals surface area contributed by atoms with E-state index in [1.807, 2.05) is 12.3 Å². The molecule has 5 rings (SSSR count). The number of pyridine rings is 1. The largest absolute Gasteiger partial charge is 0.379 e. The van der Waals surface area contributed by atoms with Crippen molar-refractivity contribution in [1.82, 2.24) is 24.7 Å². The molecule has 4 heterocycles. The maximum absolute atomic E-state index is 5.92. The van der Waals surface area contributed by atoms with Gasteiger partial charge in [-0.15, -0.1) is 0 Å². The van der Waals surface area contributed by atoms with Crippen molar-refractivity contribution in [3.05, 3.63) is 82.9 Å². The number of aromatic nitrogens is 2. The van der Waals surface area contributed by atoms with E-state index in [2.05, 4.69) is 82.9 Å². The van der Waals surface area contributed by atoms with Crippen LogP contribution in [0.3, 0.4) is 0 Å². The minimum absolute atomic E-state index is 0.00168. The molecule has 6 nitrogen and oxygen atoms in total. The average Bonchev–Trinajstić information content (AvgIpc) is 3.31. The van der Waals surface area contributed by atoms with Crippen molar-refractivity contribution in [2.24, 2.45) is 0 Å². The Morgan fingerprint density at radius 1 is 0.971 bits per heavy atom. The van der Waals surface area contributed by atoms with Crippen LogP contribution in [0, 0.1) is 20.8 Å². The maximum atomic E-state index is 5.92. The first-order valence-corrected chi connectivity index (χ1v) is 12.5. The van der Waals surface area contributed by atoms with Gasteiger partial charge in [0.2, 0.25) is 0 Å². The zero-order valence-corrected chi connectivity index (χ0v) is 21.0. The van der Waals surface area contributed by atoms with Gasteiger partial charge in [-0.25, -0.2) is 0 Å². The van der Waals surface area contributed by atoms with Gasteiger partial charge < -0.3 is 19.5 Å². The summed E-state index contributed by atoms with van der Waals surface area (Å²) in [6.45, 7) is 12.1. The molecule has 2 atom stereocenters. The van der Waals surface area contributed by atoms with E-state index in [4.69, 9.17) is 21.9 Å². The second-order valence-electron chi connectivity index (χ2n) is 9.15. The summed E-state index contributed by atoms with van der Waals surface area (Å²) in [5.41, 5.74) is 7.39. The molecule has 7 heteroatoms. The van der Waals surface area contributed by atoms with Gasteiger partial charge in [0.1, 0.15) is 0 Å². The van der Waals surface area contributed by atoms with Crippen molar-refractivity contribution < 1.29 is 4.74 Å². The van der Waals surface area contributed by atoms with Gasteiger partial charge in [0.05, 0.1) is 31.0 Å². The Morgan fingerprint density at radius 2 is 1.71 bits per heavy atom. The normalized spacial score (nSPS) is 21.1. The summed E-state index contributed by atoms with van der Waals surface area (Å²) in [4.78, 5) is 9.57. The van der Waals surface area contributed by atoms with E-state index in [0.717, 1.165) is 50.2 Å². The third kappa shape index (κ3) is 4.24. The Balaban J connectivity index is 1.56. The first kappa shape index (κ1) is 23.0. The Morgan fingerprint density at radius 3 is 2.41 bits per heavy atom. The lowest BCUT2D eigenvalue weighted by atomic mass is 9.93. The van der Waals surface area contributed by atoms with Crippen LogP contribution in [0.4, 0.5) is 0 Å². The molecule has 0 aliphatic carbocycles. The quantitative estimate of drug-likeness (QED) is 0.542. The lowest BCUT2D eigenvalue weighted by Crippen LogP contribution is -2.42. The highest BCUT2D eigenvalue weighted by molar-refractivity contribution is 7.80. The fourth-order valence-corrected chi connectivity index (χ4v) is 5.77. The topological polar surface area (TPSA) is 45.6 Å². The Labute approximate surface area is 207 Å². The zero-order chi connectivity index (χ0) is 23.7. The minimum Gasteiger partial charge on any atom is -0.379 e. The Hall–Kier alpha value is -2.74. The van der Waals surface area contributed by atoms with Crippen molar-refractivity contribution in [1.29, 1.82) is 0 Å². The number of morpholine rings is 1. The molecule has 0 radical (unpaired) electrons. The molecule has 2 aliphatic rings. The van der Waals surface area contributed by atoms with Crippen LogP contribution in [-0.2, 0) is 4.74 Å². The van der Waals surface area contributed by atoms with Gasteiger partial charge >= 0.3 is 0 Å². The van der Waals surface area contributed by atoms with Crippen molar-refractivity contribution in [3.63, 3.8) is 0 Å². The van der Waals surface area contributed by atoms with Gasteiger partial charge in [-0.1, -0.05) is 24.3 Å². The monoisotopic (exact) mass is 475 g/mol. The van der Waals surface area contributed by atoms with Crippen LogP contribution in [0.15, 0.2) is 54.7 Å². The smallest absolute Gasteiger partial charge is 0.170 e. The summed E-state index contributed by atoms with van der Waals surface area (Å²) in [6.07, 6.45) is 1.87. The second-order valence-corrected chi connectivity index (χ2v) is 9.54. The number of para-hydroxylation sites is 1. The van der Waals surface area contributed by atoms with Crippen molar-refractivity contribution >= 4 is 17.3 Å². The summed E-state index contributed by atoms with van der Waals surface area (Å²) in [5, 5.41) is 4.43. The van der Waals surface area contributed by atoms with E-state index in [9.17, 15) is 0 Å². The fraction of sp³-hybridized carbons (Fsp3) is 0.407. The van der Waals surface area contributed by atoms with Crippen LogP contribution in [0.5, 0.6) is 0 Å². The Bertz CT molecular complexity index is 1140.